The highest BCUT2D eigenvalue weighted by molar-refractivity contribution is 5.88. The molecule has 0 saturated carbocycles. The van der Waals surface area contributed by atoms with Gasteiger partial charge in [-0.15, -0.1) is 0 Å². The molecule has 0 radical (unpaired) electrons. The first-order valence-corrected chi connectivity index (χ1v) is 8.30. The maximum atomic E-state index is 9.86. The van der Waals surface area contributed by atoms with Crippen molar-refractivity contribution in [2.75, 3.05) is 13.7 Å². The Morgan fingerprint density at radius 2 is 2.00 bits per heavy atom. The highest BCUT2D eigenvalue weighted by Crippen LogP contribution is 2.37. The lowest BCUT2D eigenvalue weighted by Crippen LogP contribution is -2.30. The molecule has 0 spiro atoms. The molecule has 4 rings (SSSR count). The molecule has 0 amide bonds. The van der Waals surface area contributed by atoms with Crippen molar-refractivity contribution >= 4 is 10.9 Å². The number of phenolic OH excluding ortho intramolecular Hbond substituents is 1. The number of benzene rings is 2. The van der Waals surface area contributed by atoms with Crippen LogP contribution in [0.4, 0.5) is 0 Å². The Bertz CT molecular complexity index is 927. The predicted octanol–water partition coefficient (Wildman–Crippen LogP) is 3.73. The molecule has 3 aromatic rings. The second-order valence-electron chi connectivity index (χ2n) is 6.59. The smallest absolute Gasteiger partial charge is 0.160 e. The average molecular weight is 322 g/mol. The quantitative estimate of drug-likeness (QED) is 0.674. The van der Waals surface area contributed by atoms with Crippen LogP contribution in [0, 0.1) is 13.8 Å². The number of phenols is 1. The fourth-order valence-electron chi connectivity index (χ4n) is 3.84. The van der Waals surface area contributed by atoms with Crippen molar-refractivity contribution in [1.29, 1.82) is 0 Å². The third-order valence-corrected chi connectivity index (χ3v) is 4.94. The van der Waals surface area contributed by atoms with Gasteiger partial charge in [-0.1, -0.05) is 17.7 Å². The minimum atomic E-state index is 0.0790. The van der Waals surface area contributed by atoms with Crippen LogP contribution in [-0.4, -0.2) is 23.7 Å². The number of fused-ring (bicyclic) bond motifs is 3. The summed E-state index contributed by atoms with van der Waals surface area (Å²) in [4.78, 5) is 3.65. The number of aromatic amines is 1. The molecular formula is C20H22N2O2. The molecular weight excluding hydrogens is 300 g/mol. The number of methoxy groups -OCH3 is 1. The molecule has 1 aromatic heterocycles. The molecule has 4 nitrogen and oxygen atoms in total. The number of aryl methyl sites for hydroxylation is 2. The summed E-state index contributed by atoms with van der Waals surface area (Å²) in [5, 5.41) is 14.8. The normalized spacial score (nSPS) is 17.0. The molecule has 2 aromatic carbocycles. The first-order valence-electron chi connectivity index (χ1n) is 8.30. The zero-order valence-electron chi connectivity index (χ0n) is 14.2. The van der Waals surface area contributed by atoms with Crippen LogP contribution in [0.2, 0.25) is 0 Å². The van der Waals surface area contributed by atoms with Gasteiger partial charge in [0.25, 0.3) is 0 Å². The van der Waals surface area contributed by atoms with Gasteiger partial charge in [0.15, 0.2) is 11.5 Å². The minimum Gasteiger partial charge on any atom is -0.504 e. The van der Waals surface area contributed by atoms with Gasteiger partial charge < -0.3 is 20.1 Å². The molecule has 124 valence electrons. The van der Waals surface area contributed by atoms with E-state index in [4.69, 9.17) is 4.74 Å². The second kappa shape index (κ2) is 5.56. The van der Waals surface area contributed by atoms with Gasteiger partial charge in [-0.05, 0) is 55.2 Å². The van der Waals surface area contributed by atoms with Crippen LogP contribution in [0.15, 0.2) is 30.3 Å². The number of hydrogen-bond donors (Lipinski definition) is 3. The van der Waals surface area contributed by atoms with Crippen LogP contribution >= 0.6 is 0 Å². The molecule has 1 atom stereocenters. The van der Waals surface area contributed by atoms with E-state index >= 15 is 0 Å². The maximum absolute atomic E-state index is 9.86. The van der Waals surface area contributed by atoms with Crippen LogP contribution in [0.1, 0.15) is 34.0 Å². The number of nitrogens with one attached hydrogen (secondary N) is 2. The van der Waals surface area contributed by atoms with E-state index in [9.17, 15) is 5.11 Å². The molecule has 1 unspecified atom stereocenters. The third-order valence-electron chi connectivity index (χ3n) is 4.94. The van der Waals surface area contributed by atoms with Gasteiger partial charge in [0.1, 0.15) is 0 Å². The predicted molar refractivity (Wildman–Crippen MR) is 96.0 cm³/mol. The topological polar surface area (TPSA) is 57.3 Å². The Morgan fingerprint density at radius 3 is 2.79 bits per heavy atom. The largest absolute Gasteiger partial charge is 0.504 e. The number of aromatic nitrogens is 1. The molecule has 1 aliphatic rings. The first kappa shape index (κ1) is 15.1. The van der Waals surface area contributed by atoms with E-state index in [1.54, 1.807) is 13.2 Å². The standard InChI is InChI=1S/C20H22N2O2/c1-11-8-12(2)18-15(9-11)14-6-7-21-19(20(14)22-18)13-4-5-16(23)17(10-13)24-3/h4-5,8-10,19,21-23H,6-7H2,1-3H3. The van der Waals surface area contributed by atoms with Crippen molar-refractivity contribution in [1.82, 2.24) is 10.3 Å². The SMILES string of the molecule is COc1cc(C2NCCc3c2[nH]c2c(C)cc(C)cc32)ccc1O. The molecule has 24 heavy (non-hydrogen) atoms. The van der Waals surface area contributed by atoms with Crippen molar-refractivity contribution < 1.29 is 9.84 Å². The Morgan fingerprint density at radius 1 is 1.17 bits per heavy atom. The first-order chi connectivity index (χ1) is 11.6. The third kappa shape index (κ3) is 2.26. The molecule has 0 saturated heterocycles. The van der Waals surface area contributed by atoms with E-state index in [2.05, 4.69) is 36.3 Å². The lowest BCUT2D eigenvalue weighted by molar-refractivity contribution is 0.372. The zero-order valence-corrected chi connectivity index (χ0v) is 14.2. The van der Waals surface area contributed by atoms with Gasteiger partial charge in [-0.25, -0.2) is 0 Å². The van der Waals surface area contributed by atoms with Gasteiger partial charge in [-0.2, -0.15) is 0 Å². The summed E-state index contributed by atoms with van der Waals surface area (Å²) in [6.45, 7) is 5.24. The van der Waals surface area contributed by atoms with Gasteiger partial charge in [-0.3, -0.25) is 0 Å². The second-order valence-corrected chi connectivity index (χ2v) is 6.59. The summed E-state index contributed by atoms with van der Waals surface area (Å²) >= 11 is 0. The van der Waals surface area contributed by atoms with Crippen molar-refractivity contribution in [2.24, 2.45) is 0 Å². The summed E-state index contributed by atoms with van der Waals surface area (Å²) in [7, 11) is 1.58. The van der Waals surface area contributed by atoms with Crippen LogP contribution in [0.5, 0.6) is 11.5 Å². The number of aromatic hydroxyl groups is 1. The molecule has 0 fully saturated rings. The van der Waals surface area contributed by atoms with Crippen LogP contribution < -0.4 is 10.1 Å². The Balaban J connectivity index is 1.89. The van der Waals surface area contributed by atoms with Crippen molar-refractivity contribution in [3.63, 3.8) is 0 Å². The van der Waals surface area contributed by atoms with E-state index in [0.29, 0.717) is 5.75 Å². The fraction of sp³-hybridized carbons (Fsp3) is 0.300. The summed E-state index contributed by atoms with van der Waals surface area (Å²) in [6.07, 6.45) is 1.02. The van der Waals surface area contributed by atoms with E-state index in [-0.39, 0.29) is 11.8 Å². The number of H-pyrrole nitrogens is 1. The molecule has 4 heteroatoms. The van der Waals surface area contributed by atoms with Gasteiger partial charge in [0.2, 0.25) is 0 Å². The number of rotatable bonds is 2. The fourth-order valence-corrected chi connectivity index (χ4v) is 3.84. The van der Waals surface area contributed by atoms with Crippen LogP contribution in [0.3, 0.4) is 0 Å². The molecule has 2 heterocycles. The molecule has 0 bridgehead atoms. The minimum absolute atomic E-state index is 0.0790. The lowest BCUT2D eigenvalue weighted by Gasteiger charge is -2.25. The van der Waals surface area contributed by atoms with Crippen LogP contribution in [-0.2, 0) is 6.42 Å². The monoisotopic (exact) mass is 322 g/mol. The van der Waals surface area contributed by atoms with E-state index in [1.807, 2.05) is 12.1 Å². The zero-order chi connectivity index (χ0) is 16.8. The van der Waals surface area contributed by atoms with Crippen molar-refractivity contribution in [3.8, 4) is 11.5 Å². The van der Waals surface area contributed by atoms with Gasteiger partial charge in [0.05, 0.1) is 13.2 Å². The van der Waals surface area contributed by atoms with Gasteiger partial charge >= 0.3 is 0 Å². The van der Waals surface area contributed by atoms with Crippen molar-refractivity contribution in [2.45, 2.75) is 26.3 Å². The van der Waals surface area contributed by atoms with Crippen molar-refractivity contribution in [3.05, 3.63) is 58.3 Å². The Kier molecular flexibility index (Phi) is 3.50. The summed E-state index contributed by atoms with van der Waals surface area (Å²) < 4.78 is 5.27. The number of hydrogen-bond acceptors (Lipinski definition) is 3. The van der Waals surface area contributed by atoms with E-state index in [0.717, 1.165) is 18.5 Å². The maximum Gasteiger partial charge on any atom is 0.160 e. The Hall–Kier alpha value is -2.46. The summed E-state index contributed by atoms with van der Waals surface area (Å²) in [5.41, 5.74) is 7.51. The average Bonchev–Trinajstić information content (AvgIpc) is 2.94. The highest BCUT2D eigenvalue weighted by atomic mass is 16.5. The molecule has 1 aliphatic heterocycles. The lowest BCUT2D eigenvalue weighted by atomic mass is 9.93. The summed E-state index contributed by atoms with van der Waals surface area (Å²) in [6, 6.07) is 10.1. The Labute approximate surface area is 141 Å². The molecule has 3 N–H and O–H groups in total. The van der Waals surface area contributed by atoms with Gasteiger partial charge in [0, 0.05) is 23.1 Å². The highest BCUT2D eigenvalue weighted by Gasteiger charge is 2.26. The number of ether oxygens (including phenoxy) is 1. The summed E-state index contributed by atoms with van der Waals surface area (Å²) in [5.74, 6) is 0.671. The van der Waals surface area contributed by atoms with E-state index in [1.165, 1.54) is 33.3 Å². The van der Waals surface area contributed by atoms with E-state index < -0.39 is 0 Å². The van der Waals surface area contributed by atoms with Crippen LogP contribution in [0.25, 0.3) is 10.9 Å². The molecule has 0 aliphatic carbocycles.